The minimum Gasteiger partial charge on any atom is -0.388 e. The van der Waals surface area contributed by atoms with Crippen molar-refractivity contribution in [1.82, 2.24) is 0 Å². The van der Waals surface area contributed by atoms with Crippen LogP contribution in [0.3, 0.4) is 0 Å². The molecule has 72 valence electrons. The van der Waals surface area contributed by atoms with E-state index in [1.807, 2.05) is 31.2 Å². The number of hydrogen-bond acceptors (Lipinski definition) is 1. The Balaban J connectivity index is 2.88. The second-order valence-corrected chi connectivity index (χ2v) is 3.69. The van der Waals surface area contributed by atoms with Crippen LogP contribution in [-0.2, 0) is 0 Å². The summed E-state index contributed by atoms with van der Waals surface area (Å²) in [5, 5.41) is 9.97. The molecule has 1 aromatic rings. The SMILES string of the molecule is CCC(C)[C@H](O)c1ccccc1C. The van der Waals surface area contributed by atoms with Crippen molar-refractivity contribution in [3.63, 3.8) is 0 Å². The first-order valence-electron chi connectivity index (χ1n) is 4.90. The van der Waals surface area contributed by atoms with E-state index < -0.39 is 0 Å². The van der Waals surface area contributed by atoms with Gasteiger partial charge < -0.3 is 5.11 Å². The van der Waals surface area contributed by atoms with Gasteiger partial charge >= 0.3 is 0 Å². The Labute approximate surface area is 80.4 Å². The number of aliphatic hydroxyl groups excluding tert-OH is 1. The molecular formula is C12H18O. The van der Waals surface area contributed by atoms with Crippen LogP contribution in [0.2, 0.25) is 0 Å². The average Bonchev–Trinajstić information content (AvgIpc) is 2.16. The van der Waals surface area contributed by atoms with Gasteiger partial charge in [0.15, 0.2) is 0 Å². The van der Waals surface area contributed by atoms with E-state index in [1.165, 1.54) is 5.56 Å². The zero-order chi connectivity index (χ0) is 9.84. The average molecular weight is 178 g/mol. The van der Waals surface area contributed by atoms with Crippen molar-refractivity contribution >= 4 is 0 Å². The normalized spacial score (nSPS) is 15.4. The van der Waals surface area contributed by atoms with Gasteiger partial charge in [-0.1, -0.05) is 44.5 Å². The first-order chi connectivity index (χ1) is 6.16. The summed E-state index contributed by atoms with van der Waals surface area (Å²) in [7, 11) is 0. The van der Waals surface area contributed by atoms with Gasteiger partial charge in [-0.3, -0.25) is 0 Å². The Morgan fingerprint density at radius 2 is 1.92 bits per heavy atom. The largest absolute Gasteiger partial charge is 0.388 e. The maximum Gasteiger partial charge on any atom is 0.0818 e. The van der Waals surface area contributed by atoms with Crippen molar-refractivity contribution in [2.75, 3.05) is 0 Å². The minimum atomic E-state index is -0.314. The molecule has 0 spiro atoms. The lowest BCUT2D eigenvalue weighted by Gasteiger charge is -2.19. The molecule has 0 saturated carbocycles. The molecule has 0 aliphatic rings. The van der Waals surface area contributed by atoms with Gasteiger partial charge in [-0.15, -0.1) is 0 Å². The number of aliphatic hydroxyl groups is 1. The molecule has 0 aliphatic carbocycles. The Morgan fingerprint density at radius 3 is 2.46 bits per heavy atom. The number of rotatable bonds is 3. The molecule has 0 aromatic heterocycles. The molecule has 0 heterocycles. The van der Waals surface area contributed by atoms with Crippen LogP contribution in [-0.4, -0.2) is 5.11 Å². The van der Waals surface area contributed by atoms with Crippen LogP contribution in [0.25, 0.3) is 0 Å². The molecule has 1 nitrogen and oxygen atoms in total. The zero-order valence-electron chi connectivity index (χ0n) is 8.62. The molecule has 1 rings (SSSR count). The van der Waals surface area contributed by atoms with Crippen molar-refractivity contribution in [3.8, 4) is 0 Å². The molecule has 1 N–H and O–H groups in total. The zero-order valence-corrected chi connectivity index (χ0v) is 8.62. The third-order valence-corrected chi connectivity index (χ3v) is 2.69. The van der Waals surface area contributed by atoms with Gasteiger partial charge in [0.1, 0.15) is 0 Å². The first-order valence-corrected chi connectivity index (χ1v) is 4.90. The van der Waals surface area contributed by atoms with Crippen LogP contribution in [0.4, 0.5) is 0 Å². The Morgan fingerprint density at radius 1 is 1.31 bits per heavy atom. The molecule has 0 fully saturated rings. The summed E-state index contributed by atoms with van der Waals surface area (Å²) in [6.07, 6.45) is 0.696. The van der Waals surface area contributed by atoms with Crippen LogP contribution < -0.4 is 0 Å². The van der Waals surface area contributed by atoms with E-state index in [1.54, 1.807) is 0 Å². The van der Waals surface area contributed by atoms with Crippen molar-refractivity contribution < 1.29 is 5.11 Å². The number of aryl methyl sites for hydroxylation is 1. The van der Waals surface area contributed by atoms with E-state index in [9.17, 15) is 5.11 Å². The number of benzene rings is 1. The Kier molecular flexibility index (Phi) is 3.49. The maximum atomic E-state index is 9.97. The fourth-order valence-electron chi connectivity index (χ4n) is 1.45. The fourth-order valence-corrected chi connectivity index (χ4v) is 1.45. The van der Waals surface area contributed by atoms with E-state index in [0.717, 1.165) is 12.0 Å². The topological polar surface area (TPSA) is 20.2 Å². The predicted octanol–water partition coefficient (Wildman–Crippen LogP) is 3.07. The molecule has 0 radical (unpaired) electrons. The number of hydrogen-bond donors (Lipinski definition) is 1. The third kappa shape index (κ3) is 2.31. The van der Waals surface area contributed by atoms with Gasteiger partial charge in [-0.25, -0.2) is 0 Å². The summed E-state index contributed by atoms with van der Waals surface area (Å²) in [5.41, 5.74) is 2.24. The van der Waals surface area contributed by atoms with E-state index >= 15 is 0 Å². The lowest BCUT2D eigenvalue weighted by molar-refractivity contribution is 0.115. The van der Waals surface area contributed by atoms with Gasteiger partial charge in [0, 0.05) is 0 Å². The summed E-state index contributed by atoms with van der Waals surface area (Å²) < 4.78 is 0. The van der Waals surface area contributed by atoms with Gasteiger partial charge in [-0.05, 0) is 24.0 Å². The minimum absolute atomic E-state index is 0.314. The Hall–Kier alpha value is -0.820. The monoisotopic (exact) mass is 178 g/mol. The molecule has 0 aliphatic heterocycles. The summed E-state index contributed by atoms with van der Waals surface area (Å²) in [5.74, 6) is 0.334. The molecule has 13 heavy (non-hydrogen) atoms. The molecule has 1 aromatic carbocycles. The second-order valence-electron chi connectivity index (χ2n) is 3.69. The van der Waals surface area contributed by atoms with E-state index in [0.29, 0.717) is 5.92 Å². The van der Waals surface area contributed by atoms with Crippen LogP contribution in [0, 0.1) is 12.8 Å². The van der Waals surface area contributed by atoms with Crippen LogP contribution >= 0.6 is 0 Å². The molecular weight excluding hydrogens is 160 g/mol. The molecule has 1 unspecified atom stereocenters. The highest BCUT2D eigenvalue weighted by Crippen LogP contribution is 2.26. The van der Waals surface area contributed by atoms with Gasteiger partial charge in [0.2, 0.25) is 0 Å². The molecule has 0 amide bonds. The third-order valence-electron chi connectivity index (χ3n) is 2.69. The smallest absolute Gasteiger partial charge is 0.0818 e. The van der Waals surface area contributed by atoms with E-state index in [4.69, 9.17) is 0 Å². The van der Waals surface area contributed by atoms with E-state index in [-0.39, 0.29) is 6.10 Å². The standard InChI is InChI=1S/C12H18O/c1-4-9(2)12(13)11-8-6-5-7-10(11)3/h5-9,12-13H,4H2,1-3H3/t9?,12-/m0/s1. The van der Waals surface area contributed by atoms with Gasteiger partial charge in [-0.2, -0.15) is 0 Å². The molecule has 0 saturated heterocycles. The lowest BCUT2D eigenvalue weighted by atomic mass is 9.92. The highest BCUT2D eigenvalue weighted by molar-refractivity contribution is 5.27. The first kappa shape index (κ1) is 10.3. The van der Waals surface area contributed by atoms with Crippen molar-refractivity contribution in [1.29, 1.82) is 0 Å². The second kappa shape index (κ2) is 4.43. The summed E-state index contributed by atoms with van der Waals surface area (Å²) >= 11 is 0. The summed E-state index contributed by atoms with van der Waals surface area (Å²) in [6, 6.07) is 8.03. The molecule has 2 atom stereocenters. The van der Waals surface area contributed by atoms with Gasteiger partial charge in [0.05, 0.1) is 6.10 Å². The van der Waals surface area contributed by atoms with Gasteiger partial charge in [0.25, 0.3) is 0 Å². The fraction of sp³-hybridized carbons (Fsp3) is 0.500. The Bertz CT molecular complexity index is 268. The van der Waals surface area contributed by atoms with E-state index in [2.05, 4.69) is 13.8 Å². The highest BCUT2D eigenvalue weighted by Gasteiger charge is 2.15. The van der Waals surface area contributed by atoms with Crippen molar-refractivity contribution in [2.24, 2.45) is 5.92 Å². The van der Waals surface area contributed by atoms with Crippen LogP contribution in [0.5, 0.6) is 0 Å². The van der Waals surface area contributed by atoms with Crippen LogP contribution in [0.1, 0.15) is 37.5 Å². The lowest BCUT2D eigenvalue weighted by Crippen LogP contribution is -2.09. The molecule has 1 heteroatoms. The summed E-state index contributed by atoms with van der Waals surface area (Å²) in [4.78, 5) is 0. The molecule has 0 bridgehead atoms. The quantitative estimate of drug-likeness (QED) is 0.754. The van der Waals surface area contributed by atoms with Crippen molar-refractivity contribution in [3.05, 3.63) is 35.4 Å². The summed E-state index contributed by atoms with van der Waals surface area (Å²) in [6.45, 7) is 6.23. The van der Waals surface area contributed by atoms with Crippen molar-refractivity contribution in [2.45, 2.75) is 33.3 Å². The highest BCUT2D eigenvalue weighted by atomic mass is 16.3. The van der Waals surface area contributed by atoms with Crippen LogP contribution in [0.15, 0.2) is 24.3 Å². The predicted molar refractivity (Wildman–Crippen MR) is 55.6 cm³/mol. The maximum absolute atomic E-state index is 9.97.